The molecule has 13 heteroatoms. The highest BCUT2D eigenvalue weighted by atomic mass is 32.2. The van der Waals surface area contributed by atoms with Crippen LogP contribution in [-0.4, -0.2) is 85.2 Å². The van der Waals surface area contributed by atoms with Crippen LogP contribution in [0, 0.1) is 0 Å². The average molecular weight is 718 g/mol. The van der Waals surface area contributed by atoms with Crippen molar-refractivity contribution in [2.75, 3.05) is 40.9 Å². The van der Waals surface area contributed by atoms with E-state index in [1.165, 1.54) is 26.1 Å². The minimum Gasteiger partial charge on any atom is -0.497 e. The van der Waals surface area contributed by atoms with E-state index in [2.05, 4.69) is 26.6 Å². The van der Waals surface area contributed by atoms with E-state index in [4.69, 9.17) is 9.26 Å². The zero-order chi connectivity index (χ0) is 36.0. The fourth-order valence-corrected chi connectivity index (χ4v) is 8.19. The van der Waals surface area contributed by atoms with Crippen molar-refractivity contribution in [1.29, 1.82) is 0 Å². The van der Waals surface area contributed by atoms with E-state index in [0.29, 0.717) is 30.2 Å². The van der Waals surface area contributed by atoms with Crippen LogP contribution in [0.3, 0.4) is 0 Å². The number of carbonyl (C=O) groups excluding carboxylic acids is 2. The Balaban J connectivity index is 0.00000464. The van der Waals surface area contributed by atoms with Gasteiger partial charge in [0, 0.05) is 63.1 Å². The highest BCUT2D eigenvalue weighted by molar-refractivity contribution is 7.87. The van der Waals surface area contributed by atoms with E-state index in [9.17, 15) is 23.1 Å². The number of methoxy groups -OCH3 is 1. The number of aliphatic hydroxyl groups excluding tert-OH is 1. The first-order valence-corrected chi connectivity index (χ1v) is 19.2. The summed E-state index contributed by atoms with van der Waals surface area (Å²) >= 11 is 0. The molecular formula is C38H47N5O7S. The van der Waals surface area contributed by atoms with Crippen molar-refractivity contribution in [3.8, 4) is 17.0 Å². The highest BCUT2D eigenvalue weighted by Crippen LogP contribution is 2.50. The standard InChI is InChI=1S/C38H45N5O7S.H2/c1-5-42(17-18-44)38(46)34-33(36(50-39-34)24-11-12-24)27-19-26-20-28(49-4)14-16-29(26)35-32(23-9-7-6-8-10-23)30-15-13-25(21-31(30)43(35)22-27)37(45)40-51(47,48)41(2)3;/h13-16,19-21,23-24,44H,5-12,17-18,22H2,1-4H3,(H,40,45);1H. The minimum absolute atomic E-state index is 0. The van der Waals surface area contributed by atoms with Crippen LogP contribution < -0.4 is 9.46 Å². The second kappa shape index (κ2) is 13.9. The Labute approximate surface area is 299 Å². The van der Waals surface area contributed by atoms with Crippen LogP contribution in [0.1, 0.15) is 108 Å². The molecule has 3 aliphatic rings. The molecule has 0 radical (unpaired) electrons. The van der Waals surface area contributed by atoms with Gasteiger partial charge in [-0.2, -0.15) is 12.7 Å². The molecule has 0 atom stereocenters. The van der Waals surface area contributed by atoms with Gasteiger partial charge in [0.15, 0.2) is 5.69 Å². The van der Waals surface area contributed by atoms with Crippen LogP contribution in [0.4, 0.5) is 0 Å². The summed E-state index contributed by atoms with van der Waals surface area (Å²) in [5.74, 6) is 0.766. The molecule has 1 aliphatic heterocycles. The zero-order valence-electron chi connectivity index (χ0n) is 29.6. The fourth-order valence-electron chi connectivity index (χ4n) is 7.66. The van der Waals surface area contributed by atoms with Gasteiger partial charge in [0.25, 0.3) is 11.8 Å². The van der Waals surface area contributed by atoms with Gasteiger partial charge in [-0.15, -0.1) is 0 Å². The number of allylic oxidation sites excluding steroid dienone is 1. The van der Waals surface area contributed by atoms with E-state index in [1.54, 1.807) is 24.1 Å². The molecule has 0 bridgehead atoms. The molecule has 272 valence electrons. The van der Waals surface area contributed by atoms with Gasteiger partial charge in [0.05, 0.1) is 25.0 Å². The van der Waals surface area contributed by atoms with Crippen LogP contribution in [0.5, 0.6) is 5.75 Å². The molecule has 2 amide bonds. The SMILES string of the molecule is CCN(CCO)C(=O)c1noc(C2CC2)c1C1=Cc2cc(OC)ccc2-c2c(C3CCCCC3)c3ccc(C(=O)NS(=O)(=O)N(C)C)cc3n2C1.[HH]. The zero-order valence-corrected chi connectivity index (χ0v) is 30.4. The molecule has 12 nitrogen and oxygen atoms in total. The molecular weight excluding hydrogens is 671 g/mol. The number of hydrogen-bond donors (Lipinski definition) is 2. The van der Waals surface area contributed by atoms with Crippen molar-refractivity contribution in [3.05, 3.63) is 70.1 Å². The van der Waals surface area contributed by atoms with E-state index in [0.717, 1.165) is 76.1 Å². The minimum atomic E-state index is -4.02. The third-order valence-corrected chi connectivity index (χ3v) is 11.9. The number of amides is 2. The van der Waals surface area contributed by atoms with Crippen LogP contribution in [0.25, 0.3) is 33.8 Å². The lowest BCUT2D eigenvalue weighted by Gasteiger charge is -2.24. The number of benzene rings is 2. The molecule has 2 N–H and O–H groups in total. The van der Waals surface area contributed by atoms with E-state index < -0.39 is 16.1 Å². The lowest BCUT2D eigenvalue weighted by Crippen LogP contribution is -2.39. The van der Waals surface area contributed by atoms with Crippen molar-refractivity contribution in [2.45, 2.75) is 70.3 Å². The quantitative estimate of drug-likeness (QED) is 0.192. The van der Waals surface area contributed by atoms with Crippen molar-refractivity contribution < 1.29 is 33.8 Å². The van der Waals surface area contributed by atoms with Gasteiger partial charge in [-0.1, -0.05) is 30.5 Å². The molecule has 0 unspecified atom stereocenters. The molecule has 0 saturated heterocycles. The number of nitrogens with one attached hydrogen (secondary N) is 1. The predicted octanol–water partition coefficient (Wildman–Crippen LogP) is 6.02. The summed E-state index contributed by atoms with van der Waals surface area (Å²) in [5.41, 5.74) is 6.87. The molecule has 2 fully saturated rings. The Morgan fingerprint density at radius 1 is 1.08 bits per heavy atom. The largest absolute Gasteiger partial charge is 0.497 e. The average Bonchev–Trinajstić information content (AvgIpc) is 3.84. The number of hydrogen-bond acceptors (Lipinski definition) is 8. The second-order valence-electron chi connectivity index (χ2n) is 13.9. The second-order valence-corrected chi connectivity index (χ2v) is 15.8. The van der Waals surface area contributed by atoms with Gasteiger partial charge in [-0.05, 0) is 91.6 Å². The van der Waals surface area contributed by atoms with Gasteiger partial charge in [0.1, 0.15) is 11.5 Å². The van der Waals surface area contributed by atoms with E-state index in [1.807, 2.05) is 25.1 Å². The third-order valence-electron chi connectivity index (χ3n) is 10.5. The molecule has 0 spiro atoms. The Hall–Kier alpha value is -4.46. The Morgan fingerprint density at radius 3 is 2.51 bits per heavy atom. The van der Waals surface area contributed by atoms with Crippen molar-refractivity contribution in [2.24, 2.45) is 0 Å². The number of aromatic nitrogens is 2. The summed E-state index contributed by atoms with van der Waals surface area (Å²) < 4.78 is 42.3. The van der Waals surface area contributed by atoms with Crippen molar-refractivity contribution in [1.82, 2.24) is 23.7 Å². The van der Waals surface area contributed by atoms with Gasteiger partial charge < -0.3 is 23.8 Å². The van der Waals surface area contributed by atoms with Crippen LogP contribution in [0.2, 0.25) is 0 Å². The first kappa shape index (κ1) is 35.0. The molecule has 2 aliphatic carbocycles. The van der Waals surface area contributed by atoms with Crippen LogP contribution in [-0.2, 0) is 16.8 Å². The van der Waals surface area contributed by atoms with Gasteiger partial charge in [-0.3, -0.25) is 9.59 Å². The number of fused-ring (bicyclic) bond motifs is 5. The smallest absolute Gasteiger partial charge is 0.303 e. The Kier molecular flexibility index (Phi) is 9.55. The topological polar surface area (TPSA) is 147 Å². The number of likely N-dealkylation sites (N-methyl/N-ethyl adjacent to an activating group) is 1. The van der Waals surface area contributed by atoms with Gasteiger partial charge in [-0.25, -0.2) is 4.72 Å². The van der Waals surface area contributed by atoms with E-state index >= 15 is 0 Å². The number of nitrogens with zero attached hydrogens (tertiary/aromatic N) is 4. The molecule has 7 rings (SSSR count). The molecule has 2 aromatic heterocycles. The monoisotopic (exact) mass is 717 g/mol. The molecule has 2 saturated carbocycles. The summed E-state index contributed by atoms with van der Waals surface area (Å²) in [6.45, 7) is 2.60. The summed E-state index contributed by atoms with van der Waals surface area (Å²) in [7, 11) is 0.356. The van der Waals surface area contributed by atoms with Crippen molar-refractivity contribution >= 4 is 44.6 Å². The lowest BCUT2D eigenvalue weighted by atomic mass is 9.81. The summed E-state index contributed by atoms with van der Waals surface area (Å²) in [6, 6.07) is 11.5. The predicted molar refractivity (Wildman–Crippen MR) is 197 cm³/mol. The van der Waals surface area contributed by atoms with Crippen molar-refractivity contribution in [3.63, 3.8) is 0 Å². The molecule has 2 aromatic carbocycles. The van der Waals surface area contributed by atoms with Crippen LogP contribution in [0.15, 0.2) is 40.9 Å². The number of rotatable bonds is 11. The maximum absolute atomic E-state index is 14.0. The normalized spacial score (nSPS) is 16.4. The van der Waals surface area contributed by atoms with Crippen LogP contribution >= 0.6 is 0 Å². The third kappa shape index (κ3) is 6.47. The molecule has 4 aromatic rings. The number of ether oxygens (including phenoxy) is 1. The molecule has 51 heavy (non-hydrogen) atoms. The maximum atomic E-state index is 14.0. The van der Waals surface area contributed by atoms with Gasteiger partial charge in [0.2, 0.25) is 0 Å². The summed E-state index contributed by atoms with van der Waals surface area (Å²) in [6.07, 6.45) is 9.46. The fraction of sp³-hybridized carbons (Fsp3) is 0.447. The Bertz CT molecular complexity index is 2150. The van der Waals surface area contributed by atoms with Gasteiger partial charge >= 0.3 is 10.2 Å². The number of carbonyl (C=O) groups is 2. The lowest BCUT2D eigenvalue weighted by molar-refractivity contribution is 0.0721. The Morgan fingerprint density at radius 2 is 1.84 bits per heavy atom. The first-order chi connectivity index (χ1) is 24.6. The molecule has 3 heterocycles. The number of aliphatic hydroxyl groups is 1. The van der Waals surface area contributed by atoms with E-state index in [-0.39, 0.29) is 43.6 Å². The first-order valence-electron chi connectivity index (χ1n) is 17.8. The summed E-state index contributed by atoms with van der Waals surface area (Å²) in [4.78, 5) is 29.0. The maximum Gasteiger partial charge on any atom is 0.303 e. The summed E-state index contributed by atoms with van der Waals surface area (Å²) in [5, 5.41) is 15.1. The highest BCUT2D eigenvalue weighted by Gasteiger charge is 2.38.